The topological polar surface area (TPSA) is 3.24 Å². The molecule has 0 aliphatic carbocycles. The van der Waals surface area contributed by atoms with Gasteiger partial charge < -0.3 is 4.90 Å². The maximum atomic E-state index is 2.25. The van der Waals surface area contributed by atoms with Gasteiger partial charge in [0.05, 0.1) is 11.4 Å². The number of hydrogen-bond donors (Lipinski definition) is 0. The first-order chi connectivity index (χ1) is 7.86. The van der Waals surface area contributed by atoms with Crippen LogP contribution in [0.5, 0.6) is 0 Å². The molecule has 0 fully saturated rings. The zero-order chi connectivity index (χ0) is 11.0. The van der Waals surface area contributed by atoms with Gasteiger partial charge in [-0.2, -0.15) is 11.3 Å². The Labute approximate surface area is 103 Å². The zero-order valence-electron chi connectivity index (χ0n) is 8.88. The molecule has 0 aliphatic rings. The van der Waals surface area contributed by atoms with Crippen LogP contribution in [0.4, 0.5) is 11.4 Å². The molecule has 3 heteroatoms. The van der Waals surface area contributed by atoms with E-state index in [4.69, 9.17) is 0 Å². The standard InChI is InChI=1S/C13H11NS2/c1-14(10-6-7-15-8-10)12-9-16-13-5-3-2-4-11(12)13/h2-9H,1H3. The first-order valence-electron chi connectivity index (χ1n) is 5.08. The molecule has 0 amide bonds. The Balaban J connectivity index is 2.12. The Morgan fingerprint density at radius 3 is 2.75 bits per heavy atom. The smallest absolute Gasteiger partial charge is 0.0597 e. The van der Waals surface area contributed by atoms with Crippen molar-refractivity contribution in [2.75, 3.05) is 11.9 Å². The minimum absolute atomic E-state index is 1.26. The van der Waals surface area contributed by atoms with Crippen LogP contribution < -0.4 is 4.90 Å². The van der Waals surface area contributed by atoms with Crippen molar-refractivity contribution in [1.82, 2.24) is 0 Å². The molecule has 0 N–H and O–H groups in total. The van der Waals surface area contributed by atoms with E-state index in [2.05, 4.69) is 58.4 Å². The number of fused-ring (bicyclic) bond motifs is 1. The van der Waals surface area contributed by atoms with Crippen LogP contribution in [0.3, 0.4) is 0 Å². The van der Waals surface area contributed by atoms with Crippen LogP contribution >= 0.6 is 22.7 Å². The Bertz CT molecular complexity index is 595. The molecule has 0 unspecified atom stereocenters. The Hall–Kier alpha value is -1.32. The molecular weight excluding hydrogens is 234 g/mol. The molecule has 3 aromatic rings. The molecule has 0 bridgehead atoms. The van der Waals surface area contributed by atoms with Crippen molar-refractivity contribution in [2.45, 2.75) is 0 Å². The lowest BCUT2D eigenvalue weighted by atomic mass is 10.2. The molecule has 3 rings (SSSR count). The molecular formula is C13H11NS2. The van der Waals surface area contributed by atoms with Crippen molar-refractivity contribution in [3.8, 4) is 0 Å². The first kappa shape index (κ1) is 9.87. The average Bonchev–Trinajstić information content (AvgIpc) is 2.98. The summed E-state index contributed by atoms with van der Waals surface area (Å²) in [6, 6.07) is 10.7. The molecule has 0 saturated carbocycles. The highest BCUT2D eigenvalue weighted by atomic mass is 32.1. The molecule has 0 radical (unpaired) electrons. The molecule has 0 spiro atoms. The number of nitrogens with zero attached hydrogens (tertiary/aromatic N) is 1. The highest BCUT2D eigenvalue weighted by Crippen LogP contribution is 2.36. The predicted molar refractivity (Wildman–Crippen MR) is 74.2 cm³/mol. The molecule has 2 heterocycles. The summed E-state index contributed by atoms with van der Waals surface area (Å²) in [5.41, 5.74) is 2.55. The fourth-order valence-electron chi connectivity index (χ4n) is 1.81. The second kappa shape index (κ2) is 3.92. The fraction of sp³-hybridized carbons (Fsp3) is 0.0769. The van der Waals surface area contributed by atoms with Gasteiger partial charge in [0.25, 0.3) is 0 Å². The lowest BCUT2D eigenvalue weighted by Crippen LogP contribution is -2.07. The first-order valence-corrected chi connectivity index (χ1v) is 6.90. The number of thiophene rings is 2. The molecule has 1 nitrogen and oxygen atoms in total. The van der Waals surface area contributed by atoms with Crippen LogP contribution in [0.25, 0.3) is 10.1 Å². The maximum absolute atomic E-state index is 2.25. The van der Waals surface area contributed by atoms with Crippen LogP contribution in [-0.2, 0) is 0 Å². The van der Waals surface area contributed by atoms with E-state index in [1.165, 1.54) is 21.5 Å². The third kappa shape index (κ3) is 1.52. The van der Waals surface area contributed by atoms with Gasteiger partial charge in [-0.1, -0.05) is 18.2 Å². The van der Waals surface area contributed by atoms with E-state index in [0.717, 1.165) is 0 Å². The van der Waals surface area contributed by atoms with Crippen LogP contribution in [-0.4, -0.2) is 7.05 Å². The summed E-state index contributed by atoms with van der Waals surface area (Å²) in [5, 5.41) is 7.84. The maximum Gasteiger partial charge on any atom is 0.0597 e. The normalized spacial score (nSPS) is 10.8. The second-order valence-corrected chi connectivity index (χ2v) is 5.35. The van der Waals surface area contributed by atoms with Gasteiger partial charge in [-0.3, -0.25) is 0 Å². The summed E-state index contributed by atoms with van der Waals surface area (Å²) in [7, 11) is 2.12. The van der Waals surface area contributed by atoms with E-state index in [9.17, 15) is 0 Å². The number of rotatable bonds is 2. The van der Waals surface area contributed by atoms with E-state index >= 15 is 0 Å². The van der Waals surface area contributed by atoms with E-state index in [0.29, 0.717) is 0 Å². The van der Waals surface area contributed by atoms with Crippen LogP contribution in [0, 0.1) is 0 Å². The minimum atomic E-state index is 1.26. The highest BCUT2D eigenvalue weighted by Gasteiger charge is 2.09. The summed E-state index contributed by atoms with van der Waals surface area (Å²) in [5.74, 6) is 0. The molecule has 1 aromatic carbocycles. The molecule has 2 aromatic heterocycles. The van der Waals surface area contributed by atoms with Crippen LogP contribution in [0.15, 0.2) is 46.5 Å². The lowest BCUT2D eigenvalue weighted by Gasteiger charge is -2.16. The van der Waals surface area contributed by atoms with E-state index < -0.39 is 0 Å². The third-order valence-electron chi connectivity index (χ3n) is 2.72. The Morgan fingerprint density at radius 1 is 1.06 bits per heavy atom. The van der Waals surface area contributed by atoms with Gasteiger partial charge in [-0.15, -0.1) is 11.3 Å². The van der Waals surface area contributed by atoms with Gasteiger partial charge in [0.1, 0.15) is 0 Å². The Kier molecular flexibility index (Phi) is 2.42. The summed E-state index contributed by atoms with van der Waals surface area (Å²) in [4.78, 5) is 2.25. The summed E-state index contributed by atoms with van der Waals surface area (Å²) in [6.07, 6.45) is 0. The van der Waals surface area contributed by atoms with Gasteiger partial charge in [0.15, 0.2) is 0 Å². The molecule has 16 heavy (non-hydrogen) atoms. The van der Waals surface area contributed by atoms with Crippen molar-refractivity contribution in [2.24, 2.45) is 0 Å². The van der Waals surface area contributed by atoms with Crippen molar-refractivity contribution in [1.29, 1.82) is 0 Å². The quantitative estimate of drug-likeness (QED) is 0.631. The van der Waals surface area contributed by atoms with Gasteiger partial charge in [0, 0.05) is 27.9 Å². The van der Waals surface area contributed by atoms with E-state index in [1.54, 1.807) is 22.7 Å². The van der Waals surface area contributed by atoms with Crippen LogP contribution in [0.1, 0.15) is 0 Å². The molecule has 0 atom stereocenters. The van der Waals surface area contributed by atoms with Crippen molar-refractivity contribution >= 4 is 44.1 Å². The predicted octanol–water partition coefficient (Wildman–Crippen LogP) is 4.73. The van der Waals surface area contributed by atoms with Gasteiger partial charge in [-0.05, 0) is 17.5 Å². The van der Waals surface area contributed by atoms with E-state index in [1.807, 2.05) is 0 Å². The monoisotopic (exact) mass is 245 g/mol. The summed E-state index contributed by atoms with van der Waals surface area (Å²) < 4.78 is 1.35. The minimum Gasteiger partial charge on any atom is -0.343 e. The van der Waals surface area contributed by atoms with Gasteiger partial charge in [-0.25, -0.2) is 0 Å². The Morgan fingerprint density at radius 2 is 1.94 bits per heavy atom. The molecule has 0 saturated heterocycles. The molecule has 0 aliphatic heterocycles. The highest BCUT2D eigenvalue weighted by molar-refractivity contribution is 7.17. The average molecular weight is 245 g/mol. The largest absolute Gasteiger partial charge is 0.343 e. The SMILES string of the molecule is CN(c1ccsc1)c1csc2ccccc12. The summed E-state index contributed by atoms with van der Waals surface area (Å²) >= 11 is 3.53. The number of anilines is 2. The lowest BCUT2D eigenvalue weighted by molar-refractivity contribution is 1.24. The number of hydrogen-bond acceptors (Lipinski definition) is 3. The van der Waals surface area contributed by atoms with Crippen LogP contribution in [0.2, 0.25) is 0 Å². The van der Waals surface area contributed by atoms with Crippen molar-refractivity contribution in [3.63, 3.8) is 0 Å². The zero-order valence-corrected chi connectivity index (χ0v) is 10.5. The fourth-order valence-corrected chi connectivity index (χ4v) is 3.46. The van der Waals surface area contributed by atoms with Gasteiger partial charge >= 0.3 is 0 Å². The van der Waals surface area contributed by atoms with E-state index in [-0.39, 0.29) is 0 Å². The number of benzene rings is 1. The molecule has 80 valence electrons. The second-order valence-electron chi connectivity index (χ2n) is 3.66. The van der Waals surface area contributed by atoms with Crippen molar-refractivity contribution < 1.29 is 0 Å². The van der Waals surface area contributed by atoms with Gasteiger partial charge in [0.2, 0.25) is 0 Å². The van der Waals surface area contributed by atoms with Crippen molar-refractivity contribution in [3.05, 3.63) is 46.5 Å². The third-order valence-corrected chi connectivity index (χ3v) is 4.34. The summed E-state index contributed by atoms with van der Waals surface area (Å²) in [6.45, 7) is 0.